The molecular weight excluding hydrogens is 322 g/mol. The number of halogens is 1. The number of fused-ring (bicyclic) bond motifs is 1. The average Bonchev–Trinajstić information content (AvgIpc) is 2.55. The number of pyridine rings is 1. The zero-order chi connectivity index (χ0) is 17.3. The maximum Gasteiger partial charge on any atom is 0.259 e. The van der Waals surface area contributed by atoms with E-state index in [-0.39, 0.29) is 16.9 Å². The number of aromatic nitrogens is 1. The van der Waals surface area contributed by atoms with Crippen molar-refractivity contribution in [3.8, 4) is 0 Å². The molecule has 0 aliphatic rings. The molecule has 2 aromatic carbocycles. The van der Waals surface area contributed by atoms with Crippen LogP contribution in [0.3, 0.4) is 0 Å². The van der Waals surface area contributed by atoms with Gasteiger partial charge in [-0.2, -0.15) is 0 Å². The summed E-state index contributed by atoms with van der Waals surface area (Å²) in [7, 11) is 0. The summed E-state index contributed by atoms with van der Waals surface area (Å²) in [5.74, 6) is -0.323. The number of hydrogen-bond donors (Lipinski definition) is 1. The lowest BCUT2D eigenvalue weighted by atomic mass is 10.0. The van der Waals surface area contributed by atoms with Crippen LogP contribution in [0.4, 0.5) is 0 Å². The van der Waals surface area contributed by atoms with Gasteiger partial charge in [-0.05, 0) is 49.2 Å². The van der Waals surface area contributed by atoms with E-state index in [0.717, 1.165) is 16.5 Å². The van der Waals surface area contributed by atoms with E-state index in [0.29, 0.717) is 16.1 Å². The Morgan fingerprint density at radius 1 is 1.08 bits per heavy atom. The van der Waals surface area contributed by atoms with Crippen molar-refractivity contribution in [1.29, 1.82) is 0 Å². The van der Waals surface area contributed by atoms with Crippen molar-refractivity contribution in [2.45, 2.75) is 13.8 Å². The van der Waals surface area contributed by atoms with E-state index in [9.17, 15) is 9.59 Å². The van der Waals surface area contributed by atoms with Crippen molar-refractivity contribution in [2.75, 3.05) is 0 Å². The molecule has 3 aromatic rings. The molecule has 0 fully saturated rings. The molecule has 1 heterocycles. The number of benzene rings is 2. The van der Waals surface area contributed by atoms with E-state index >= 15 is 0 Å². The van der Waals surface area contributed by atoms with Crippen molar-refractivity contribution in [3.05, 3.63) is 86.2 Å². The summed E-state index contributed by atoms with van der Waals surface area (Å²) >= 11 is 6.03. The van der Waals surface area contributed by atoms with Crippen LogP contribution in [0.25, 0.3) is 17.0 Å². The Hall–Kier alpha value is -2.65. The lowest BCUT2D eigenvalue weighted by Crippen LogP contribution is -2.18. The van der Waals surface area contributed by atoms with Crippen LogP contribution < -0.4 is 5.56 Å². The van der Waals surface area contributed by atoms with E-state index in [1.807, 2.05) is 31.2 Å². The maximum absolute atomic E-state index is 12.5. The number of nitrogens with one attached hydrogen (secondary N) is 1. The number of carbonyl (C=O) groups is 1. The molecule has 3 rings (SSSR count). The third-order valence-corrected chi connectivity index (χ3v) is 4.22. The molecular formula is C20H16ClNO2. The third kappa shape index (κ3) is 3.17. The fraction of sp³-hybridized carbons (Fsp3) is 0.100. The Bertz CT molecular complexity index is 1010. The zero-order valence-electron chi connectivity index (χ0n) is 13.4. The summed E-state index contributed by atoms with van der Waals surface area (Å²) < 4.78 is 0. The molecule has 120 valence electrons. The average molecular weight is 338 g/mol. The van der Waals surface area contributed by atoms with Gasteiger partial charge in [-0.1, -0.05) is 47.5 Å². The fourth-order valence-corrected chi connectivity index (χ4v) is 2.83. The zero-order valence-corrected chi connectivity index (χ0v) is 14.1. The van der Waals surface area contributed by atoms with Gasteiger partial charge in [-0.15, -0.1) is 0 Å². The van der Waals surface area contributed by atoms with Gasteiger partial charge in [0.15, 0.2) is 5.78 Å². The van der Waals surface area contributed by atoms with Crippen molar-refractivity contribution in [2.24, 2.45) is 0 Å². The van der Waals surface area contributed by atoms with Crippen LogP contribution in [0.1, 0.15) is 27.0 Å². The van der Waals surface area contributed by atoms with Crippen LogP contribution in [0.15, 0.2) is 53.3 Å². The van der Waals surface area contributed by atoms with Crippen LogP contribution in [0.5, 0.6) is 0 Å². The Kier molecular flexibility index (Phi) is 4.36. The molecule has 0 unspecified atom stereocenters. The van der Waals surface area contributed by atoms with Gasteiger partial charge < -0.3 is 4.98 Å². The van der Waals surface area contributed by atoms with E-state index in [4.69, 9.17) is 11.6 Å². The molecule has 0 spiro atoms. The first kappa shape index (κ1) is 16.2. The SMILES string of the molecule is Cc1ccc(C=CC(=O)c2c(C)c3cc(Cl)ccc3[nH]c2=O)cc1. The predicted molar refractivity (Wildman–Crippen MR) is 98.9 cm³/mol. The Morgan fingerprint density at radius 2 is 1.79 bits per heavy atom. The van der Waals surface area contributed by atoms with Crippen molar-refractivity contribution >= 4 is 34.4 Å². The molecule has 0 aliphatic carbocycles. The smallest absolute Gasteiger partial charge is 0.259 e. The van der Waals surface area contributed by atoms with Crippen LogP contribution >= 0.6 is 11.6 Å². The number of hydrogen-bond acceptors (Lipinski definition) is 2. The van der Waals surface area contributed by atoms with E-state index < -0.39 is 0 Å². The normalized spacial score (nSPS) is 11.3. The Labute approximate surface area is 144 Å². The number of allylic oxidation sites excluding steroid dienone is 1. The highest BCUT2D eigenvalue weighted by molar-refractivity contribution is 6.31. The highest BCUT2D eigenvalue weighted by Crippen LogP contribution is 2.22. The lowest BCUT2D eigenvalue weighted by Gasteiger charge is -2.07. The second-order valence-electron chi connectivity index (χ2n) is 5.75. The standard InChI is InChI=1S/C20H16ClNO2/c1-12-3-5-14(6-4-12)7-10-18(23)19-13(2)16-11-15(21)8-9-17(16)22-20(19)24/h3-11H,1-2H3,(H,22,24). The summed E-state index contributed by atoms with van der Waals surface area (Å²) in [4.78, 5) is 27.6. The molecule has 3 nitrogen and oxygen atoms in total. The summed E-state index contributed by atoms with van der Waals surface area (Å²) in [6.45, 7) is 3.77. The summed E-state index contributed by atoms with van der Waals surface area (Å²) in [5, 5.41) is 1.33. The number of aryl methyl sites for hydroxylation is 2. The molecule has 1 N–H and O–H groups in total. The summed E-state index contributed by atoms with van der Waals surface area (Å²) in [6.07, 6.45) is 3.14. The van der Waals surface area contributed by atoms with Crippen LogP contribution in [-0.4, -0.2) is 10.8 Å². The van der Waals surface area contributed by atoms with Gasteiger partial charge in [0.05, 0.1) is 5.56 Å². The van der Waals surface area contributed by atoms with Gasteiger partial charge in [0, 0.05) is 15.9 Å². The molecule has 0 saturated heterocycles. The third-order valence-electron chi connectivity index (χ3n) is 3.99. The molecule has 4 heteroatoms. The minimum absolute atomic E-state index is 0.146. The molecule has 0 atom stereocenters. The van der Waals surface area contributed by atoms with Gasteiger partial charge in [-0.25, -0.2) is 0 Å². The highest BCUT2D eigenvalue weighted by atomic mass is 35.5. The minimum Gasteiger partial charge on any atom is -0.321 e. The first-order chi connectivity index (χ1) is 11.5. The summed E-state index contributed by atoms with van der Waals surface area (Å²) in [6, 6.07) is 13.0. The Morgan fingerprint density at radius 3 is 2.50 bits per heavy atom. The fourth-order valence-electron chi connectivity index (χ4n) is 2.66. The summed E-state index contributed by atoms with van der Waals surface area (Å²) in [5.41, 5.74) is 3.12. The second-order valence-corrected chi connectivity index (χ2v) is 6.19. The first-order valence-corrected chi connectivity index (χ1v) is 7.95. The number of carbonyl (C=O) groups excluding carboxylic acids is 1. The van der Waals surface area contributed by atoms with E-state index in [1.54, 1.807) is 31.2 Å². The van der Waals surface area contributed by atoms with Crippen molar-refractivity contribution in [1.82, 2.24) is 4.98 Å². The molecule has 0 aliphatic heterocycles. The van der Waals surface area contributed by atoms with Gasteiger partial charge in [0.1, 0.15) is 0 Å². The van der Waals surface area contributed by atoms with Gasteiger partial charge in [0.25, 0.3) is 5.56 Å². The van der Waals surface area contributed by atoms with Crippen molar-refractivity contribution in [3.63, 3.8) is 0 Å². The number of aromatic amines is 1. The number of rotatable bonds is 3. The van der Waals surface area contributed by atoms with Gasteiger partial charge in [-0.3, -0.25) is 9.59 Å². The van der Waals surface area contributed by atoms with Crippen LogP contribution in [0, 0.1) is 13.8 Å². The minimum atomic E-state index is -0.388. The Balaban J connectivity index is 2.03. The van der Waals surface area contributed by atoms with Crippen LogP contribution in [-0.2, 0) is 0 Å². The van der Waals surface area contributed by atoms with Gasteiger partial charge in [0.2, 0.25) is 0 Å². The monoisotopic (exact) mass is 337 g/mol. The quantitative estimate of drug-likeness (QED) is 0.556. The molecule has 0 bridgehead atoms. The molecule has 0 saturated carbocycles. The molecule has 1 aromatic heterocycles. The first-order valence-electron chi connectivity index (χ1n) is 7.57. The lowest BCUT2D eigenvalue weighted by molar-refractivity contribution is 0.104. The van der Waals surface area contributed by atoms with Gasteiger partial charge >= 0.3 is 0 Å². The van der Waals surface area contributed by atoms with Crippen molar-refractivity contribution < 1.29 is 4.79 Å². The topological polar surface area (TPSA) is 49.9 Å². The number of ketones is 1. The van der Waals surface area contributed by atoms with E-state index in [2.05, 4.69) is 4.98 Å². The molecule has 24 heavy (non-hydrogen) atoms. The molecule has 0 amide bonds. The second kappa shape index (κ2) is 6.46. The predicted octanol–water partition coefficient (Wildman–Crippen LogP) is 4.69. The molecule has 0 radical (unpaired) electrons. The highest BCUT2D eigenvalue weighted by Gasteiger charge is 2.14. The van der Waals surface area contributed by atoms with Crippen LogP contribution in [0.2, 0.25) is 5.02 Å². The number of H-pyrrole nitrogens is 1. The maximum atomic E-state index is 12.5. The largest absolute Gasteiger partial charge is 0.321 e. The van der Waals surface area contributed by atoms with E-state index in [1.165, 1.54) is 6.08 Å².